The fourth-order valence-electron chi connectivity index (χ4n) is 3.53. The van der Waals surface area contributed by atoms with Gasteiger partial charge in [0.2, 0.25) is 10.3 Å². The van der Waals surface area contributed by atoms with Crippen LogP contribution in [0.2, 0.25) is 0 Å². The molecule has 158 valence electrons. The second kappa shape index (κ2) is 9.58. The van der Waals surface area contributed by atoms with Crippen LogP contribution in [0.1, 0.15) is 36.1 Å². The Kier molecular flexibility index (Phi) is 6.43. The summed E-state index contributed by atoms with van der Waals surface area (Å²) < 4.78 is 2.01. The lowest BCUT2D eigenvalue weighted by Gasteiger charge is -2.25. The molecule has 0 bridgehead atoms. The van der Waals surface area contributed by atoms with Gasteiger partial charge in [0, 0.05) is 31.5 Å². The number of amides is 1. The number of nitrogens with zero attached hydrogens (tertiary/aromatic N) is 5. The highest BCUT2D eigenvalue weighted by molar-refractivity contribution is 7.19. The fourth-order valence-corrected chi connectivity index (χ4v) is 4.32. The molecule has 1 aliphatic rings. The zero-order chi connectivity index (χ0) is 21.6. The van der Waals surface area contributed by atoms with Crippen molar-refractivity contribution in [1.82, 2.24) is 14.8 Å². The number of hydrogen-bond acceptors (Lipinski definition) is 6. The van der Waals surface area contributed by atoms with Gasteiger partial charge in [-0.15, -0.1) is 10.2 Å². The molecule has 31 heavy (non-hydrogen) atoms. The molecule has 1 saturated heterocycles. The predicted octanol–water partition coefficient (Wildman–Crippen LogP) is 4.23. The largest absolute Gasteiger partial charge is 0.347 e. The van der Waals surface area contributed by atoms with Crippen LogP contribution in [0.3, 0.4) is 0 Å². The molecule has 1 aliphatic heterocycles. The zero-order valence-corrected chi connectivity index (χ0v) is 18.2. The van der Waals surface area contributed by atoms with Crippen LogP contribution in [0.4, 0.5) is 10.3 Å². The molecule has 7 nitrogen and oxygen atoms in total. The Morgan fingerprint density at radius 1 is 1.19 bits per heavy atom. The number of rotatable bonds is 6. The average molecular weight is 433 g/mol. The molecule has 3 aromatic rings. The summed E-state index contributed by atoms with van der Waals surface area (Å²) in [5, 5.41) is 21.8. The lowest BCUT2D eigenvalue weighted by molar-refractivity contribution is -0.112. The van der Waals surface area contributed by atoms with E-state index in [1.165, 1.54) is 23.3 Å². The van der Waals surface area contributed by atoms with Gasteiger partial charge in [-0.2, -0.15) is 5.26 Å². The standard InChI is InChI=1S/C23H24N6OS/c1-17-7-9-18(10-8-17)16-29-13-5-6-20(29)14-19(15-24)21(30)25-22-26-27-23(31-22)28-11-3-2-4-12-28/h5-10,13-14H,2-4,11-12,16H2,1H3,(H,25,26,30)/b19-14-. The van der Waals surface area contributed by atoms with E-state index >= 15 is 0 Å². The van der Waals surface area contributed by atoms with E-state index in [4.69, 9.17) is 0 Å². The van der Waals surface area contributed by atoms with E-state index in [0.717, 1.165) is 42.3 Å². The first-order valence-electron chi connectivity index (χ1n) is 10.3. The first kappa shape index (κ1) is 20.8. The fraction of sp³-hybridized carbons (Fsp3) is 0.304. The third-order valence-corrected chi connectivity index (χ3v) is 6.16. The van der Waals surface area contributed by atoms with Gasteiger partial charge < -0.3 is 9.47 Å². The number of aromatic nitrogens is 3. The monoisotopic (exact) mass is 432 g/mol. The van der Waals surface area contributed by atoms with Crippen molar-refractivity contribution >= 4 is 33.6 Å². The maximum Gasteiger partial charge on any atom is 0.268 e. The van der Waals surface area contributed by atoms with Crippen LogP contribution in [-0.2, 0) is 11.3 Å². The van der Waals surface area contributed by atoms with E-state index < -0.39 is 5.91 Å². The average Bonchev–Trinajstić information content (AvgIpc) is 3.43. The molecule has 0 radical (unpaired) electrons. The normalized spacial score (nSPS) is 14.3. The van der Waals surface area contributed by atoms with Gasteiger partial charge in [-0.05, 0) is 50.0 Å². The summed E-state index contributed by atoms with van der Waals surface area (Å²) in [6.45, 7) is 4.64. The van der Waals surface area contributed by atoms with Gasteiger partial charge in [0.25, 0.3) is 5.91 Å². The van der Waals surface area contributed by atoms with Crippen molar-refractivity contribution in [2.24, 2.45) is 0 Å². The smallest absolute Gasteiger partial charge is 0.268 e. The summed E-state index contributed by atoms with van der Waals surface area (Å²) in [6.07, 6.45) is 7.07. The molecule has 8 heteroatoms. The molecule has 1 aromatic carbocycles. The molecule has 1 amide bonds. The quantitative estimate of drug-likeness (QED) is 0.465. The van der Waals surface area contributed by atoms with E-state index in [1.807, 2.05) is 29.0 Å². The van der Waals surface area contributed by atoms with Gasteiger partial charge >= 0.3 is 0 Å². The Balaban J connectivity index is 1.46. The number of hydrogen-bond donors (Lipinski definition) is 1. The summed E-state index contributed by atoms with van der Waals surface area (Å²) in [5.74, 6) is -0.480. The molecule has 0 unspecified atom stereocenters. The number of piperidine rings is 1. The Bertz CT molecular complexity index is 1120. The Morgan fingerprint density at radius 3 is 2.71 bits per heavy atom. The number of benzene rings is 1. The molecule has 4 rings (SSSR count). The van der Waals surface area contributed by atoms with Gasteiger partial charge in [-0.25, -0.2) is 0 Å². The van der Waals surface area contributed by atoms with Crippen molar-refractivity contribution in [1.29, 1.82) is 5.26 Å². The van der Waals surface area contributed by atoms with Gasteiger partial charge in [0.1, 0.15) is 11.6 Å². The first-order valence-corrected chi connectivity index (χ1v) is 11.2. The van der Waals surface area contributed by atoms with E-state index in [-0.39, 0.29) is 5.57 Å². The number of nitriles is 1. The van der Waals surface area contributed by atoms with Crippen molar-refractivity contribution in [3.05, 3.63) is 65.0 Å². The Hall–Kier alpha value is -3.44. The second-order valence-electron chi connectivity index (χ2n) is 7.61. The van der Waals surface area contributed by atoms with Crippen molar-refractivity contribution in [2.75, 3.05) is 23.3 Å². The molecular formula is C23H24N6OS. The highest BCUT2D eigenvalue weighted by atomic mass is 32.1. The number of aryl methyl sites for hydroxylation is 1. The minimum absolute atomic E-state index is 0.0265. The lowest BCUT2D eigenvalue weighted by Crippen LogP contribution is -2.29. The molecular weight excluding hydrogens is 408 g/mol. The predicted molar refractivity (Wildman–Crippen MR) is 123 cm³/mol. The van der Waals surface area contributed by atoms with Gasteiger partial charge in [-0.3, -0.25) is 10.1 Å². The molecule has 3 heterocycles. The van der Waals surface area contributed by atoms with Crippen molar-refractivity contribution in [3.63, 3.8) is 0 Å². The van der Waals surface area contributed by atoms with Crippen LogP contribution in [0.25, 0.3) is 6.08 Å². The van der Waals surface area contributed by atoms with Crippen molar-refractivity contribution in [2.45, 2.75) is 32.7 Å². The number of anilines is 2. The maximum atomic E-state index is 12.7. The van der Waals surface area contributed by atoms with Gasteiger partial charge in [-0.1, -0.05) is 41.2 Å². The highest BCUT2D eigenvalue weighted by Crippen LogP contribution is 2.27. The van der Waals surface area contributed by atoms with Crippen LogP contribution in [0.5, 0.6) is 0 Å². The van der Waals surface area contributed by atoms with E-state index in [9.17, 15) is 10.1 Å². The topological polar surface area (TPSA) is 86.8 Å². The van der Waals surface area contributed by atoms with E-state index in [0.29, 0.717) is 11.7 Å². The molecule has 1 fully saturated rings. The summed E-state index contributed by atoms with van der Waals surface area (Å²) in [6, 6.07) is 14.1. The SMILES string of the molecule is Cc1ccc(Cn2cccc2/C=C(/C#N)C(=O)Nc2nnc(N3CCCCC3)s2)cc1. The van der Waals surface area contributed by atoms with Crippen LogP contribution in [0, 0.1) is 18.3 Å². The van der Waals surface area contributed by atoms with Gasteiger partial charge in [0.15, 0.2) is 0 Å². The number of nitrogens with one attached hydrogen (secondary N) is 1. The molecule has 1 N–H and O–H groups in total. The summed E-state index contributed by atoms with van der Waals surface area (Å²) >= 11 is 1.34. The van der Waals surface area contributed by atoms with E-state index in [1.54, 1.807) is 6.08 Å². The molecule has 0 atom stereocenters. The zero-order valence-electron chi connectivity index (χ0n) is 17.4. The minimum Gasteiger partial charge on any atom is -0.347 e. The maximum absolute atomic E-state index is 12.7. The minimum atomic E-state index is -0.480. The van der Waals surface area contributed by atoms with Crippen LogP contribution < -0.4 is 10.2 Å². The summed E-state index contributed by atoms with van der Waals surface area (Å²) in [5.41, 5.74) is 3.18. The summed E-state index contributed by atoms with van der Waals surface area (Å²) in [4.78, 5) is 14.9. The Labute approximate surface area is 185 Å². The molecule has 0 saturated carbocycles. The third-order valence-electron chi connectivity index (χ3n) is 5.26. The molecule has 0 spiro atoms. The Morgan fingerprint density at radius 2 is 1.97 bits per heavy atom. The second-order valence-corrected chi connectivity index (χ2v) is 8.56. The third kappa shape index (κ3) is 5.19. The van der Waals surface area contributed by atoms with Crippen molar-refractivity contribution in [3.8, 4) is 6.07 Å². The van der Waals surface area contributed by atoms with Crippen LogP contribution >= 0.6 is 11.3 Å². The highest BCUT2D eigenvalue weighted by Gasteiger charge is 2.18. The van der Waals surface area contributed by atoms with Crippen LogP contribution in [-0.4, -0.2) is 33.8 Å². The van der Waals surface area contributed by atoms with Crippen LogP contribution in [0.15, 0.2) is 48.2 Å². The van der Waals surface area contributed by atoms with E-state index in [2.05, 4.69) is 51.6 Å². The number of carbonyl (C=O) groups is 1. The number of carbonyl (C=O) groups excluding carboxylic acids is 1. The van der Waals surface area contributed by atoms with Crippen molar-refractivity contribution < 1.29 is 4.79 Å². The molecule has 0 aliphatic carbocycles. The summed E-state index contributed by atoms with van der Waals surface area (Å²) in [7, 11) is 0. The first-order chi connectivity index (χ1) is 15.1. The van der Waals surface area contributed by atoms with Gasteiger partial charge in [0.05, 0.1) is 0 Å². The lowest BCUT2D eigenvalue weighted by atomic mass is 10.1. The molecule has 2 aromatic heterocycles.